The molecule has 2 rings (SSSR count). The number of anilines is 1. The lowest BCUT2D eigenvalue weighted by Crippen LogP contribution is -2.23. The van der Waals surface area contributed by atoms with Gasteiger partial charge in [0.15, 0.2) is 0 Å². The number of nitrogens with zero attached hydrogens (tertiary/aromatic N) is 2. The fourth-order valence-electron chi connectivity index (χ4n) is 1.43. The number of rotatable bonds is 3. The van der Waals surface area contributed by atoms with Gasteiger partial charge in [0.2, 0.25) is 5.91 Å². The van der Waals surface area contributed by atoms with Crippen molar-refractivity contribution in [1.29, 1.82) is 0 Å². The van der Waals surface area contributed by atoms with E-state index in [9.17, 15) is 4.79 Å². The summed E-state index contributed by atoms with van der Waals surface area (Å²) in [5.41, 5.74) is 0.765. The molecular formula is C12H11Br2N3O. The molecule has 18 heavy (non-hydrogen) atoms. The lowest BCUT2D eigenvalue weighted by molar-refractivity contribution is -0.119. The Morgan fingerprint density at radius 1 is 1.28 bits per heavy atom. The highest BCUT2D eigenvalue weighted by atomic mass is 79.9. The van der Waals surface area contributed by atoms with Gasteiger partial charge in [0.25, 0.3) is 0 Å². The van der Waals surface area contributed by atoms with Gasteiger partial charge in [-0.15, -0.1) is 0 Å². The first-order valence-corrected chi connectivity index (χ1v) is 6.91. The molecule has 0 spiro atoms. The van der Waals surface area contributed by atoms with E-state index >= 15 is 0 Å². The van der Waals surface area contributed by atoms with Crippen LogP contribution in [0.1, 0.15) is 13.0 Å². The van der Waals surface area contributed by atoms with Gasteiger partial charge in [-0.1, -0.05) is 15.9 Å². The zero-order chi connectivity index (χ0) is 13.1. The fourth-order valence-corrected chi connectivity index (χ4v) is 1.99. The van der Waals surface area contributed by atoms with E-state index < -0.39 is 0 Å². The number of nitrogens with one attached hydrogen (secondary N) is 1. The first-order chi connectivity index (χ1) is 8.56. The molecule has 1 N–H and O–H groups in total. The Balaban J connectivity index is 2.05. The van der Waals surface area contributed by atoms with Crippen LogP contribution in [0.4, 0.5) is 5.69 Å². The molecule has 0 aliphatic rings. The molecule has 4 nitrogen and oxygen atoms in total. The quantitative estimate of drug-likeness (QED) is 0.894. The van der Waals surface area contributed by atoms with Gasteiger partial charge in [0.1, 0.15) is 6.04 Å². The number of amides is 1. The van der Waals surface area contributed by atoms with Crippen LogP contribution in [0.25, 0.3) is 0 Å². The van der Waals surface area contributed by atoms with Crippen LogP contribution in [0.5, 0.6) is 0 Å². The smallest absolute Gasteiger partial charge is 0.248 e. The molecule has 94 valence electrons. The number of hydrogen-bond acceptors (Lipinski definition) is 2. The van der Waals surface area contributed by atoms with E-state index in [1.165, 1.54) is 0 Å². The normalized spacial score (nSPS) is 12.2. The van der Waals surface area contributed by atoms with Crippen LogP contribution < -0.4 is 5.32 Å². The predicted molar refractivity (Wildman–Crippen MR) is 77.4 cm³/mol. The summed E-state index contributed by atoms with van der Waals surface area (Å²) in [6.45, 7) is 1.80. The summed E-state index contributed by atoms with van der Waals surface area (Å²) in [5, 5.41) is 6.93. The van der Waals surface area contributed by atoms with Gasteiger partial charge in [0, 0.05) is 16.4 Å². The van der Waals surface area contributed by atoms with Gasteiger partial charge < -0.3 is 5.32 Å². The molecule has 0 bridgehead atoms. The lowest BCUT2D eigenvalue weighted by atomic mass is 10.3. The van der Waals surface area contributed by atoms with Gasteiger partial charge in [-0.3, -0.25) is 9.48 Å². The third-order valence-corrected chi connectivity index (χ3v) is 3.40. The Bertz CT molecular complexity index is 551. The molecule has 2 aromatic rings. The summed E-state index contributed by atoms with van der Waals surface area (Å²) in [4.78, 5) is 12.0. The van der Waals surface area contributed by atoms with Crippen molar-refractivity contribution in [2.75, 3.05) is 5.32 Å². The average Bonchev–Trinajstić information content (AvgIpc) is 2.78. The summed E-state index contributed by atoms with van der Waals surface area (Å²) in [7, 11) is 0. The molecule has 0 fully saturated rings. The van der Waals surface area contributed by atoms with Crippen molar-refractivity contribution in [3.05, 3.63) is 45.6 Å². The molecule has 1 amide bonds. The van der Waals surface area contributed by atoms with E-state index in [0.29, 0.717) is 0 Å². The van der Waals surface area contributed by atoms with Gasteiger partial charge >= 0.3 is 0 Å². The lowest BCUT2D eigenvalue weighted by Gasteiger charge is -2.12. The van der Waals surface area contributed by atoms with Crippen molar-refractivity contribution in [3.8, 4) is 0 Å². The van der Waals surface area contributed by atoms with E-state index in [1.54, 1.807) is 24.0 Å². The fraction of sp³-hybridized carbons (Fsp3) is 0.167. The van der Waals surface area contributed by atoms with Gasteiger partial charge in [-0.2, -0.15) is 5.10 Å². The van der Waals surface area contributed by atoms with E-state index in [2.05, 4.69) is 42.3 Å². The maximum Gasteiger partial charge on any atom is 0.248 e. The van der Waals surface area contributed by atoms with Crippen LogP contribution >= 0.6 is 31.9 Å². The standard InChI is InChI=1S/C12H11Br2N3O/c1-8(17-7-10(14)6-15-17)12(18)16-11-4-2-9(13)3-5-11/h2-8H,1H3,(H,16,18). The highest BCUT2D eigenvalue weighted by Gasteiger charge is 2.15. The highest BCUT2D eigenvalue weighted by molar-refractivity contribution is 9.10. The number of carbonyl (C=O) groups excluding carboxylic acids is 1. The molecule has 0 radical (unpaired) electrons. The van der Waals surface area contributed by atoms with Crippen LogP contribution in [0, 0.1) is 0 Å². The number of benzene rings is 1. The number of aromatic nitrogens is 2. The van der Waals surface area contributed by atoms with Gasteiger partial charge in [-0.25, -0.2) is 0 Å². The second-order valence-corrected chi connectivity index (χ2v) is 5.64. The van der Waals surface area contributed by atoms with Crippen LogP contribution in [0.3, 0.4) is 0 Å². The molecule has 1 unspecified atom stereocenters. The van der Waals surface area contributed by atoms with Crippen LogP contribution in [-0.4, -0.2) is 15.7 Å². The van der Waals surface area contributed by atoms with Crippen LogP contribution in [-0.2, 0) is 4.79 Å². The maximum atomic E-state index is 12.0. The Kier molecular flexibility index (Phi) is 4.19. The molecule has 1 aromatic carbocycles. The molecule has 6 heteroatoms. The van der Waals surface area contributed by atoms with Crippen LogP contribution in [0.15, 0.2) is 45.6 Å². The Hall–Kier alpha value is -1.14. The molecule has 0 aliphatic heterocycles. The zero-order valence-corrected chi connectivity index (χ0v) is 12.8. The van der Waals surface area contributed by atoms with Gasteiger partial charge in [-0.05, 0) is 47.1 Å². The largest absolute Gasteiger partial charge is 0.324 e. The van der Waals surface area contributed by atoms with Crippen molar-refractivity contribution >= 4 is 43.5 Å². The topological polar surface area (TPSA) is 46.9 Å². The summed E-state index contributed by atoms with van der Waals surface area (Å²) in [5.74, 6) is -0.104. The second-order valence-electron chi connectivity index (χ2n) is 3.81. The molecule has 0 saturated carbocycles. The van der Waals surface area contributed by atoms with Crippen molar-refractivity contribution in [2.24, 2.45) is 0 Å². The molecule has 0 aliphatic carbocycles. The van der Waals surface area contributed by atoms with E-state index in [4.69, 9.17) is 0 Å². The third-order valence-electron chi connectivity index (χ3n) is 2.46. The Labute approximate surface area is 122 Å². The van der Waals surface area contributed by atoms with E-state index in [1.807, 2.05) is 24.3 Å². The summed E-state index contributed by atoms with van der Waals surface area (Å²) in [6.07, 6.45) is 3.43. The Morgan fingerprint density at radius 3 is 2.50 bits per heavy atom. The van der Waals surface area contributed by atoms with Crippen molar-refractivity contribution < 1.29 is 4.79 Å². The summed E-state index contributed by atoms with van der Waals surface area (Å²) < 4.78 is 3.44. The number of carbonyl (C=O) groups is 1. The molecule has 1 heterocycles. The number of hydrogen-bond donors (Lipinski definition) is 1. The SMILES string of the molecule is CC(C(=O)Nc1ccc(Br)cc1)n1cc(Br)cn1. The monoisotopic (exact) mass is 371 g/mol. The predicted octanol–water partition coefficient (Wildman–Crippen LogP) is 3.61. The summed E-state index contributed by atoms with van der Waals surface area (Å²) >= 11 is 6.65. The molecular weight excluding hydrogens is 362 g/mol. The van der Waals surface area contributed by atoms with Crippen molar-refractivity contribution in [1.82, 2.24) is 9.78 Å². The minimum atomic E-state index is -0.361. The van der Waals surface area contributed by atoms with E-state index in [0.717, 1.165) is 14.6 Å². The minimum Gasteiger partial charge on any atom is -0.324 e. The second kappa shape index (κ2) is 5.67. The number of halogens is 2. The van der Waals surface area contributed by atoms with E-state index in [-0.39, 0.29) is 11.9 Å². The Morgan fingerprint density at radius 2 is 1.94 bits per heavy atom. The van der Waals surface area contributed by atoms with Crippen molar-refractivity contribution in [3.63, 3.8) is 0 Å². The summed E-state index contributed by atoms with van der Waals surface area (Å²) in [6, 6.07) is 7.08. The van der Waals surface area contributed by atoms with Crippen molar-refractivity contribution in [2.45, 2.75) is 13.0 Å². The van der Waals surface area contributed by atoms with Gasteiger partial charge in [0.05, 0.1) is 10.7 Å². The average molecular weight is 373 g/mol. The first kappa shape index (κ1) is 13.3. The maximum absolute atomic E-state index is 12.0. The van der Waals surface area contributed by atoms with Crippen LogP contribution in [0.2, 0.25) is 0 Å². The molecule has 1 atom stereocenters. The first-order valence-electron chi connectivity index (χ1n) is 5.32. The minimum absolute atomic E-state index is 0.104. The third kappa shape index (κ3) is 3.20. The highest BCUT2D eigenvalue weighted by Crippen LogP contribution is 2.17. The zero-order valence-electron chi connectivity index (χ0n) is 9.60. The molecule has 1 aromatic heterocycles. The molecule has 0 saturated heterocycles.